The van der Waals surface area contributed by atoms with Gasteiger partial charge < -0.3 is 14.0 Å². The van der Waals surface area contributed by atoms with Gasteiger partial charge in [0.1, 0.15) is 0 Å². The Labute approximate surface area is 312 Å². The number of para-hydroxylation sites is 2. The number of aromatic nitrogens is 3. The molecule has 253 valence electrons. The number of imidazole rings is 1. The summed E-state index contributed by atoms with van der Waals surface area (Å²) in [6, 6.07) is 34.2. The first-order valence-electron chi connectivity index (χ1n) is 19.1. The Morgan fingerprint density at radius 2 is 1.61 bits per heavy atom. The van der Waals surface area contributed by atoms with Gasteiger partial charge >= 0.3 is 0 Å². The molecule has 0 aliphatic carbocycles. The van der Waals surface area contributed by atoms with Gasteiger partial charge in [0, 0.05) is 51.5 Å². The van der Waals surface area contributed by atoms with Gasteiger partial charge in [0.2, 0.25) is 0 Å². The minimum absolute atomic E-state index is 0. The van der Waals surface area contributed by atoms with E-state index in [1.807, 2.05) is 62.4 Å². The van der Waals surface area contributed by atoms with Crippen LogP contribution in [-0.2, 0) is 33.0 Å². The second-order valence-electron chi connectivity index (χ2n) is 13.0. The van der Waals surface area contributed by atoms with E-state index in [1.54, 1.807) is 18.2 Å². The van der Waals surface area contributed by atoms with Crippen LogP contribution >= 0.6 is 0 Å². The minimum Gasteiger partial charge on any atom is -0.557 e. The average molecular weight is 829 g/mol. The van der Waals surface area contributed by atoms with Crippen LogP contribution in [0.5, 0.6) is 0 Å². The number of furan rings is 1. The van der Waals surface area contributed by atoms with Crippen LogP contribution < -0.4 is 0 Å². The standard InChI is InChI=1S/C32H35N2O.C12H10N.Ir/c1-20(2)16-23-14-15-31-26(17-23)28(19-35-31)32-33-29-12-7-8-13-30(29)34(32)18-27-24(21(3)4)10-9-11-25(27)22(5)6;1-10-7-8-12(13-9-10)11-5-3-2-4-6-11;/h7-15,17,20-22H,16,18H2,1-6H3;2-5,7-9H,1H3;/q2*-1;/i16D2;1D3;. The van der Waals surface area contributed by atoms with Crippen molar-refractivity contribution in [2.75, 3.05) is 0 Å². The van der Waals surface area contributed by atoms with E-state index in [4.69, 9.17) is 16.3 Å². The predicted octanol–water partition coefficient (Wildman–Crippen LogP) is 11.6. The number of pyridine rings is 1. The van der Waals surface area contributed by atoms with Crippen molar-refractivity contribution in [3.8, 4) is 22.6 Å². The van der Waals surface area contributed by atoms with Gasteiger partial charge in [-0.05, 0) is 71.1 Å². The molecule has 0 amide bonds. The van der Waals surface area contributed by atoms with Crippen molar-refractivity contribution >= 4 is 22.0 Å². The monoisotopic (exact) mass is 829 g/mol. The van der Waals surface area contributed by atoms with Crippen LogP contribution in [0.4, 0.5) is 0 Å². The van der Waals surface area contributed by atoms with Crippen molar-refractivity contribution in [3.05, 3.63) is 143 Å². The molecule has 3 aromatic heterocycles. The number of fused-ring (bicyclic) bond motifs is 2. The van der Waals surface area contributed by atoms with Crippen LogP contribution in [0.1, 0.15) is 88.0 Å². The summed E-state index contributed by atoms with van der Waals surface area (Å²) in [5.41, 5.74) is 9.95. The molecule has 0 saturated heterocycles. The van der Waals surface area contributed by atoms with E-state index in [1.165, 1.54) is 22.9 Å². The number of hydrogen-bond acceptors (Lipinski definition) is 3. The summed E-state index contributed by atoms with van der Waals surface area (Å²) in [6.45, 7) is 11.4. The summed E-state index contributed by atoms with van der Waals surface area (Å²) in [7, 11) is 0. The predicted molar refractivity (Wildman–Crippen MR) is 199 cm³/mol. The smallest absolute Gasteiger partial charge is 0.0770 e. The molecule has 0 aliphatic heterocycles. The van der Waals surface area contributed by atoms with Gasteiger partial charge in [-0.2, -0.15) is 0 Å². The van der Waals surface area contributed by atoms with Crippen LogP contribution in [0.2, 0.25) is 0 Å². The third-order valence-electron chi connectivity index (χ3n) is 8.40. The fourth-order valence-electron chi connectivity index (χ4n) is 6.14. The molecule has 0 unspecified atom stereocenters. The van der Waals surface area contributed by atoms with Gasteiger partial charge in [0.25, 0.3) is 0 Å². The van der Waals surface area contributed by atoms with Crippen LogP contribution in [0, 0.1) is 25.1 Å². The Hall–Kier alpha value is -4.31. The first kappa shape index (κ1) is 29.6. The molecule has 5 heteroatoms. The first-order valence-corrected chi connectivity index (χ1v) is 16.6. The molecule has 49 heavy (non-hydrogen) atoms. The number of aryl methyl sites for hydroxylation is 1. The van der Waals surface area contributed by atoms with Gasteiger partial charge in [-0.25, -0.2) is 0 Å². The second-order valence-corrected chi connectivity index (χ2v) is 13.0. The summed E-state index contributed by atoms with van der Waals surface area (Å²) in [5, 5.41) is 0.833. The van der Waals surface area contributed by atoms with Crippen LogP contribution in [0.25, 0.3) is 44.6 Å². The molecule has 4 nitrogen and oxygen atoms in total. The fraction of sp³-hybridized carbons (Fsp3) is 0.273. The fourth-order valence-corrected chi connectivity index (χ4v) is 6.14. The van der Waals surface area contributed by atoms with E-state index in [2.05, 4.69) is 79.9 Å². The van der Waals surface area contributed by atoms with E-state index >= 15 is 0 Å². The Morgan fingerprint density at radius 3 is 2.27 bits per heavy atom. The van der Waals surface area contributed by atoms with Gasteiger partial charge in [-0.3, -0.25) is 4.98 Å². The minimum atomic E-state index is -2.09. The molecule has 0 aliphatic rings. The maximum atomic E-state index is 8.64. The molecule has 0 N–H and O–H groups in total. The van der Waals surface area contributed by atoms with Crippen molar-refractivity contribution in [3.63, 3.8) is 0 Å². The molecule has 7 aromatic rings. The summed E-state index contributed by atoms with van der Waals surface area (Å²) >= 11 is 0. The average Bonchev–Trinajstić information content (AvgIpc) is 3.72. The second kappa shape index (κ2) is 15.9. The zero-order chi connectivity index (χ0) is 38.1. The van der Waals surface area contributed by atoms with E-state index < -0.39 is 13.2 Å². The molecule has 7 rings (SSSR count). The number of nitrogens with zero attached hydrogens (tertiary/aromatic N) is 3. The van der Waals surface area contributed by atoms with E-state index in [-0.39, 0.29) is 31.6 Å². The maximum Gasteiger partial charge on any atom is 0.0770 e. The Morgan fingerprint density at radius 1 is 0.857 bits per heavy atom. The topological polar surface area (TPSA) is 43.9 Å². The zero-order valence-corrected chi connectivity index (χ0v) is 31.2. The largest absolute Gasteiger partial charge is 0.557 e. The van der Waals surface area contributed by atoms with Crippen LogP contribution in [0.3, 0.4) is 0 Å². The summed E-state index contributed by atoms with van der Waals surface area (Å²) in [4.78, 5) is 9.18. The van der Waals surface area contributed by atoms with Crippen molar-refractivity contribution in [1.82, 2.24) is 14.5 Å². The molecule has 4 aromatic carbocycles. The normalized spacial score (nSPS) is 13.4. The van der Waals surface area contributed by atoms with Gasteiger partial charge in [-0.1, -0.05) is 119 Å². The first-order chi connectivity index (χ1) is 25.2. The molecule has 0 saturated carbocycles. The Bertz CT molecular complexity index is 2300. The van der Waals surface area contributed by atoms with Crippen molar-refractivity contribution in [2.45, 2.75) is 73.1 Å². The maximum absolute atomic E-state index is 8.64. The van der Waals surface area contributed by atoms with Crippen LogP contribution in [0.15, 0.2) is 108 Å². The Kier molecular flexibility index (Phi) is 9.62. The summed E-state index contributed by atoms with van der Waals surface area (Å²) in [5.74, 6) is 1.43. The number of hydrogen-bond donors (Lipinski definition) is 0. The third kappa shape index (κ3) is 8.12. The number of rotatable bonds is 8. The SMILES string of the molecule is [2H]C([2H])([2H])c1ccc(-c2[c-]cccc2)nc1.[2H]C([2H])(c1ccc2o[c-]c(-c3nc4ccccc4n3Cc3c(C(C)C)cccc3C(C)C)c2c1)C(C)C.[Ir]. The van der Waals surface area contributed by atoms with E-state index in [0.717, 1.165) is 39.1 Å². The van der Waals surface area contributed by atoms with E-state index in [0.29, 0.717) is 29.5 Å². The van der Waals surface area contributed by atoms with Gasteiger partial charge in [-0.15, -0.1) is 35.9 Å². The molecule has 0 bridgehead atoms. The molecule has 0 spiro atoms. The molecule has 0 fully saturated rings. The quantitative estimate of drug-likeness (QED) is 0.143. The summed E-state index contributed by atoms with van der Waals surface area (Å²) in [6.07, 6.45) is 3.06. The molecule has 1 radical (unpaired) electrons. The molecule has 3 heterocycles. The van der Waals surface area contributed by atoms with Gasteiger partial charge in [0.15, 0.2) is 0 Å². The molecular formula is C44H45IrN3O-2. The van der Waals surface area contributed by atoms with Crippen LogP contribution in [-0.4, -0.2) is 14.5 Å². The van der Waals surface area contributed by atoms with E-state index in [9.17, 15) is 0 Å². The van der Waals surface area contributed by atoms with Crippen molar-refractivity contribution in [1.29, 1.82) is 0 Å². The summed E-state index contributed by atoms with van der Waals surface area (Å²) < 4.78 is 47.1. The molecule has 0 atom stereocenters. The Balaban J connectivity index is 0.000000276. The molecular weight excluding hydrogens is 779 g/mol. The van der Waals surface area contributed by atoms with Gasteiger partial charge in [0.05, 0.1) is 16.9 Å². The van der Waals surface area contributed by atoms with Crippen molar-refractivity contribution < 1.29 is 31.4 Å². The third-order valence-corrected chi connectivity index (χ3v) is 8.40. The van der Waals surface area contributed by atoms with Crippen molar-refractivity contribution in [2.24, 2.45) is 5.92 Å². The zero-order valence-electron chi connectivity index (χ0n) is 33.8. The number of benzene rings is 4.